The highest BCUT2D eigenvalue weighted by molar-refractivity contribution is 6.43. The van der Waals surface area contributed by atoms with Crippen LogP contribution < -0.4 is 10.9 Å². The highest BCUT2D eigenvalue weighted by Gasteiger charge is 2.24. The van der Waals surface area contributed by atoms with E-state index >= 15 is 0 Å². The van der Waals surface area contributed by atoms with Crippen LogP contribution in [0.1, 0.15) is 55.4 Å². The molecule has 40 heavy (non-hydrogen) atoms. The summed E-state index contributed by atoms with van der Waals surface area (Å²) in [5, 5.41) is 30.0. The minimum atomic E-state index is -0.253. The van der Waals surface area contributed by atoms with Crippen LogP contribution in [0, 0.1) is 0 Å². The lowest BCUT2D eigenvalue weighted by atomic mass is 9.84. The van der Waals surface area contributed by atoms with Gasteiger partial charge in [-0.1, -0.05) is 104 Å². The lowest BCUT2D eigenvalue weighted by Gasteiger charge is -2.19. The van der Waals surface area contributed by atoms with Gasteiger partial charge in [-0.3, -0.25) is 9.59 Å². The maximum absolute atomic E-state index is 13.0. The van der Waals surface area contributed by atoms with Crippen molar-refractivity contribution in [3.8, 4) is 11.5 Å². The second-order valence-corrected chi connectivity index (χ2v) is 8.26. The second-order valence-electron chi connectivity index (χ2n) is 8.26. The Bertz CT molecular complexity index is 1890. The summed E-state index contributed by atoms with van der Waals surface area (Å²) in [6.07, 6.45) is 0. The number of phenols is 2. The number of fused-ring (bicyclic) bond motifs is 6. The average Bonchev–Trinajstić information content (AvgIpc) is 3.03. The fraction of sp³-hybridized carbons (Fsp3) is 0.222. The van der Waals surface area contributed by atoms with Crippen LogP contribution >= 0.6 is 0 Å². The van der Waals surface area contributed by atoms with Crippen LogP contribution in [-0.4, -0.2) is 10.2 Å². The van der Waals surface area contributed by atoms with Crippen LogP contribution in [0.3, 0.4) is 0 Å². The molecule has 0 saturated heterocycles. The number of hydrogen-bond acceptors (Lipinski definition) is 4. The first-order valence-corrected chi connectivity index (χ1v) is 14.3. The molecule has 0 aliphatic carbocycles. The van der Waals surface area contributed by atoms with Gasteiger partial charge in [-0.05, 0) is 56.6 Å². The first-order valence-electron chi connectivity index (χ1n) is 14.3. The van der Waals surface area contributed by atoms with Gasteiger partial charge in [0.25, 0.3) is 0 Å². The summed E-state index contributed by atoms with van der Waals surface area (Å²) in [4.78, 5) is 25.9. The van der Waals surface area contributed by atoms with E-state index in [1.807, 2.05) is 91.8 Å². The molecule has 7 aromatic carbocycles. The fourth-order valence-corrected chi connectivity index (χ4v) is 5.48. The zero-order valence-corrected chi connectivity index (χ0v) is 24.6. The summed E-state index contributed by atoms with van der Waals surface area (Å²) in [5.74, 6) is -0.0659. The third kappa shape index (κ3) is 4.24. The summed E-state index contributed by atoms with van der Waals surface area (Å²) < 4.78 is 0. The van der Waals surface area contributed by atoms with E-state index in [1.54, 1.807) is 24.3 Å². The Morgan fingerprint density at radius 2 is 0.600 bits per heavy atom. The van der Waals surface area contributed by atoms with E-state index in [0.717, 1.165) is 32.3 Å². The van der Waals surface area contributed by atoms with E-state index in [4.69, 9.17) is 0 Å². The monoisotopic (exact) mass is 534 g/mol. The topological polar surface area (TPSA) is 74.6 Å². The Labute approximate surface area is 234 Å². The van der Waals surface area contributed by atoms with Gasteiger partial charge in [0.05, 0.1) is 10.8 Å². The number of benzene rings is 7. The molecule has 4 heteroatoms. The lowest BCUT2D eigenvalue weighted by molar-refractivity contribution is 0.487. The van der Waals surface area contributed by atoms with E-state index < -0.39 is 0 Å². The largest absolute Gasteiger partial charge is 0.507 e. The van der Waals surface area contributed by atoms with Gasteiger partial charge in [-0.15, -0.1) is 0 Å². The molecule has 206 valence electrons. The van der Waals surface area contributed by atoms with Gasteiger partial charge in [-0.25, -0.2) is 0 Å². The minimum absolute atomic E-state index is 0.0329. The standard InChI is InChI=1S/C28H14O4.4C2H6/c29-19-11-9-15-16-10-12-20(30)26-24(16)22(14-6-2-4-8-18(14)28(26)32)21-13-5-1-3-7-17(13)27(31)25(19)23(15)21;4*1-2/h1-12,31-32H;4*1-2H3. The molecule has 0 fully saturated rings. The van der Waals surface area contributed by atoms with Gasteiger partial charge in [-0.2, -0.15) is 0 Å². The summed E-state index contributed by atoms with van der Waals surface area (Å²) in [5.41, 5.74) is -0.507. The zero-order valence-electron chi connectivity index (χ0n) is 24.6. The third-order valence-corrected chi connectivity index (χ3v) is 6.75. The smallest absolute Gasteiger partial charge is 0.190 e. The molecule has 2 N–H and O–H groups in total. The summed E-state index contributed by atoms with van der Waals surface area (Å²) in [6, 6.07) is 21.3. The first-order chi connectivity index (χ1) is 19.6. The molecule has 7 aromatic rings. The van der Waals surface area contributed by atoms with E-state index in [-0.39, 0.29) is 33.1 Å². The molecular weight excluding hydrogens is 496 g/mol. The van der Waals surface area contributed by atoms with Crippen molar-refractivity contribution in [3.05, 3.63) is 93.2 Å². The normalized spacial score (nSPS) is 10.4. The molecule has 0 amide bonds. The van der Waals surface area contributed by atoms with Gasteiger partial charge in [0, 0.05) is 21.5 Å². The molecule has 7 rings (SSSR count). The lowest BCUT2D eigenvalue weighted by Crippen LogP contribution is -2.04. The third-order valence-electron chi connectivity index (χ3n) is 6.75. The van der Waals surface area contributed by atoms with Crippen LogP contribution in [0.2, 0.25) is 0 Å². The Morgan fingerprint density at radius 3 is 0.925 bits per heavy atom. The van der Waals surface area contributed by atoms with Crippen LogP contribution in [-0.2, 0) is 0 Å². The van der Waals surface area contributed by atoms with Crippen LogP contribution in [0.15, 0.2) is 82.4 Å². The van der Waals surface area contributed by atoms with Crippen molar-refractivity contribution in [3.63, 3.8) is 0 Å². The highest BCUT2D eigenvalue weighted by atomic mass is 16.3. The molecule has 0 radical (unpaired) electrons. The molecule has 0 saturated carbocycles. The zero-order chi connectivity index (χ0) is 29.7. The SMILES string of the molecule is CC.CC.CC.CC.O=c1ccc2c3ccc(=O)c4c(O)c5ccccc5c(c43)c3c4ccccc4c(O)c1c23. The molecule has 0 heterocycles. The molecule has 0 spiro atoms. The van der Waals surface area contributed by atoms with Gasteiger partial charge < -0.3 is 10.2 Å². The van der Waals surface area contributed by atoms with Crippen molar-refractivity contribution in [1.82, 2.24) is 0 Å². The Kier molecular flexibility index (Phi) is 9.49. The van der Waals surface area contributed by atoms with E-state index in [0.29, 0.717) is 21.5 Å². The molecular formula is C36H38O4. The van der Waals surface area contributed by atoms with Crippen molar-refractivity contribution in [2.45, 2.75) is 55.4 Å². The van der Waals surface area contributed by atoms with Crippen molar-refractivity contribution in [1.29, 1.82) is 0 Å². The molecule has 4 nitrogen and oxygen atoms in total. The van der Waals surface area contributed by atoms with Crippen LogP contribution in [0.4, 0.5) is 0 Å². The van der Waals surface area contributed by atoms with Gasteiger partial charge >= 0.3 is 0 Å². The number of aromatic hydroxyl groups is 2. The maximum Gasteiger partial charge on any atom is 0.190 e. The van der Waals surface area contributed by atoms with Crippen molar-refractivity contribution in [2.75, 3.05) is 0 Å². The first kappa shape index (κ1) is 30.1. The Morgan fingerprint density at radius 1 is 0.350 bits per heavy atom. The number of phenolic OH excluding ortho intramolecular Hbond substituents is 2. The predicted molar refractivity (Wildman–Crippen MR) is 175 cm³/mol. The molecule has 0 atom stereocenters. The number of hydrogen-bond donors (Lipinski definition) is 2. The predicted octanol–water partition coefficient (Wildman–Crippen LogP) is 9.72. The Hall–Kier alpha value is -4.44. The van der Waals surface area contributed by atoms with E-state index in [2.05, 4.69) is 0 Å². The highest BCUT2D eigenvalue weighted by Crippen LogP contribution is 2.49. The van der Waals surface area contributed by atoms with Crippen LogP contribution in [0.25, 0.3) is 64.6 Å². The van der Waals surface area contributed by atoms with Gasteiger partial charge in [0.15, 0.2) is 10.9 Å². The van der Waals surface area contributed by atoms with E-state index in [1.165, 1.54) is 12.1 Å². The minimum Gasteiger partial charge on any atom is -0.507 e. The van der Waals surface area contributed by atoms with Gasteiger partial charge in [0.1, 0.15) is 11.5 Å². The summed E-state index contributed by atoms with van der Waals surface area (Å²) >= 11 is 0. The van der Waals surface area contributed by atoms with Gasteiger partial charge in [0.2, 0.25) is 0 Å². The molecule has 0 bridgehead atoms. The Balaban J connectivity index is 0.000000510. The van der Waals surface area contributed by atoms with E-state index in [9.17, 15) is 19.8 Å². The molecule has 0 unspecified atom stereocenters. The van der Waals surface area contributed by atoms with Crippen molar-refractivity contribution >= 4 is 64.6 Å². The number of rotatable bonds is 0. The summed E-state index contributed by atoms with van der Waals surface area (Å²) in [6.45, 7) is 16.0. The quantitative estimate of drug-likeness (QED) is 0.150. The second kappa shape index (κ2) is 12.6. The average molecular weight is 535 g/mol. The van der Waals surface area contributed by atoms with Crippen LogP contribution in [0.5, 0.6) is 11.5 Å². The maximum atomic E-state index is 13.0. The van der Waals surface area contributed by atoms with Crippen molar-refractivity contribution < 1.29 is 10.2 Å². The molecule has 0 aliphatic rings. The molecule has 0 aromatic heterocycles. The van der Waals surface area contributed by atoms with Crippen molar-refractivity contribution in [2.24, 2.45) is 0 Å². The molecule has 0 aliphatic heterocycles. The fourth-order valence-electron chi connectivity index (χ4n) is 5.48. The summed E-state index contributed by atoms with van der Waals surface area (Å²) in [7, 11) is 0.